The summed E-state index contributed by atoms with van der Waals surface area (Å²) in [5, 5.41) is 9.20. The van der Waals surface area contributed by atoms with Gasteiger partial charge in [0.25, 0.3) is 0 Å². The Bertz CT molecular complexity index is 711. The predicted octanol–water partition coefficient (Wildman–Crippen LogP) is 2.36. The van der Waals surface area contributed by atoms with Crippen molar-refractivity contribution in [1.29, 1.82) is 0 Å². The molecule has 0 aliphatic carbocycles. The number of halogens is 1. The van der Waals surface area contributed by atoms with Gasteiger partial charge in [0.1, 0.15) is 5.76 Å². The second-order valence-electron chi connectivity index (χ2n) is 4.59. The number of benzene rings is 1. The number of hydrogen-bond acceptors (Lipinski definition) is 4. The molecule has 0 amide bonds. The lowest BCUT2D eigenvalue weighted by Gasteiger charge is -2.12. The smallest absolute Gasteiger partial charge is 0.240 e. The molecule has 0 fully saturated rings. The van der Waals surface area contributed by atoms with Crippen LogP contribution in [0, 0.1) is 6.92 Å². The summed E-state index contributed by atoms with van der Waals surface area (Å²) in [6, 6.07) is 6.74. The Kier molecular flexibility index (Phi) is 5.21. The molecule has 5 nitrogen and oxygen atoms in total. The first-order chi connectivity index (χ1) is 9.94. The van der Waals surface area contributed by atoms with E-state index in [-0.39, 0.29) is 18.0 Å². The van der Waals surface area contributed by atoms with Crippen LogP contribution in [0.4, 0.5) is 0 Å². The molecule has 21 heavy (non-hydrogen) atoms. The van der Waals surface area contributed by atoms with Gasteiger partial charge in [-0.2, -0.15) is 0 Å². The number of rotatable bonds is 6. The molecule has 2 rings (SSSR count). The lowest BCUT2D eigenvalue weighted by Crippen LogP contribution is -2.26. The molecule has 0 atom stereocenters. The van der Waals surface area contributed by atoms with Gasteiger partial charge in [0.15, 0.2) is 0 Å². The molecule has 0 unspecified atom stereocenters. The van der Waals surface area contributed by atoms with Crippen molar-refractivity contribution in [2.24, 2.45) is 0 Å². The first-order valence-electron chi connectivity index (χ1n) is 6.36. The van der Waals surface area contributed by atoms with Crippen LogP contribution >= 0.6 is 15.9 Å². The van der Waals surface area contributed by atoms with Crippen LogP contribution in [0.25, 0.3) is 0 Å². The van der Waals surface area contributed by atoms with Crippen LogP contribution in [-0.2, 0) is 23.1 Å². The highest BCUT2D eigenvalue weighted by molar-refractivity contribution is 9.10. The molecule has 0 radical (unpaired) electrons. The molecule has 2 aromatic rings. The maximum absolute atomic E-state index is 12.4. The van der Waals surface area contributed by atoms with Crippen LogP contribution in [0.5, 0.6) is 0 Å². The average molecular weight is 374 g/mol. The summed E-state index contributed by atoms with van der Waals surface area (Å²) >= 11 is 3.31. The molecule has 1 heterocycles. The number of sulfonamides is 1. The minimum Gasteiger partial charge on any atom is -0.469 e. The molecular weight excluding hydrogens is 358 g/mol. The highest BCUT2D eigenvalue weighted by Gasteiger charge is 2.19. The SMILES string of the molecule is Cc1c(Br)cc(CO)cc1S(=O)(=O)NCCc1ccco1. The van der Waals surface area contributed by atoms with Gasteiger partial charge in [-0.1, -0.05) is 15.9 Å². The summed E-state index contributed by atoms with van der Waals surface area (Å²) in [5.41, 5.74) is 1.15. The minimum absolute atomic E-state index is 0.167. The van der Waals surface area contributed by atoms with Gasteiger partial charge in [0.05, 0.1) is 17.8 Å². The maximum Gasteiger partial charge on any atom is 0.240 e. The number of aliphatic hydroxyl groups is 1. The molecule has 0 aliphatic rings. The quantitative estimate of drug-likeness (QED) is 0.814. The third-order valence-corrected chi connectivity index (χ3v) is 5.48. The molecule has 0 spiro atoms. The summed E-state index contributed by atoms with van der Waals surface area (Å²) in [6.45, 7) is 1.75. The molecular formula is C14H16BrNO4S. The molecule has 2 N–H and O–H groups in total. The standard InChI is InChI=1S/C14H16BrNO4S/c1-10-13(15)7-11(9-17)8-14(10)21(18,19)16-5-4-12-3-2-6-20-12/h2-3,6-8,16-17H,4-5,9H2,1H3. The van der Waals surface area contributed by atoms with E-state index < -0.39 is 10.0 Å². The van der Waals surface area contributed by atoms with E-state index in [9.17, 15) is 13.5 Å². The Morgan fingerprint density at radius 3 is 2.76 bits per heavy atom. The average Bonchev–Trinajstić information content (AvgIpc) is 2.94. The van der Waals surface area contributed by atoms with E-state index >= 15 is 0 Å². The van der Waals surface area contributed by atoms with Crippen molar-refractivity contribution in [3.05, 3.63) is 51.9 Å². The normalized spacial score (nSPS) is 11.8. The Labute approximate surface area is 132 Å². The van der Waals surface area contributed by atoms with Crippen molar-refractivity contribution in [1.82, 2.24) is 4.72 Å². The topological polar surface area (TPSA) is 79.5 Å². The molecule has 0 bridgehead atoms. The molecule has 0 aliphatic heterocycles. The van der Waals surface area contributed by atoms with E-state index in [1.165, 1.54) is 6.07 Å². The van der Waals surface area contributed by atoms with Crippen LogP contribution in [0.2, 0.25) is 0 Å². The van der Waals surface area contributed by atoms with Crippen LogP contribution in [0.1, 0.15) is 16.9 Å². The Hall–Kier alpha value is -1.15. The van der Waals surface area contributed by atoms with Crippen molar-refractivity contribution >= 4 is 26.0 Å². The molecule has 7 heteroatoms. The second kappa shape index (κ2) is 6.74. The Morgan fingerprint density at radius 1 is 1.38 bits per heavy atom. The van der Waals surface area contributed by atoms with Gasteiger partial charge in [-0.15, -0.1) is 0 Å². The summed E-state index contributed by atoms with van der Waals surface area (Å²) in [4.78, 5) is 0.167. The number of aliphatic hydroxyl groups excluding tert-OH is 1. The van der Waals surface area contributed by atoms with Crippen LogP contribution in [0.15, 0.2) is 44.3 Å². The molecule has 0 saturated carbocycles. The number of furan rings is 1. The zero-order valence-corrected chi connectivity index (χ0v) is 13.9. The minimum atomic E-state index is -3.63. The summed E-state index contributed by atoms with van der Waals surface area (Å²) < 4.78 is 33.1. The first-order valence-corrected chi connectivity index (χ1v) is 8.63. The van der Waals surface area contributed by atoms with Crippen molar-refractivity contribution in [2.45, 2.75) is 24.8 Å². The van der Waals surface area contributed by atoms with Gasteiger partial charge in [0.2, 0.25) is 10.0 Å². The van der Waals surface area contributed by atoms with Gasteiger partial charge in [-0.3, -0.25) is 0 Å². The fourth-order valence-corrected chi connectivity index (χ4v) is 3.90. The monoisotopic (exact) mass is 373 g/mol. The summed E-state index contributed by atoms with van der Waals surface area (Å²) in [7, 11) is -3.63. The van der Waals surface area contributed by atoms with E-state index in [1.54, 1.807) is 31.4 Å². The second-order valence-corrected chi connectivity index (χ2v) is 7.18. The molecule has 1 aromatic heterocycles. The van der Waals surface area contributed by atoms with Gasteiger partial charge < -0.3 is 9.52 Å². The van der Waals surface area contributed by atoms with Gasteiger partial charge in [-0.25, -0.2) is 13.1 Å². The lowest BCUT2D eigenvalue weighted by molar-refractivity contribution is 0.281. The summed E-state index contributed by atoms with van der Waals surface area (Å²) in [6.07, 6.45) is 2.03. The Morgan fingerprint density at radius 2 is 2.14 bits per heavy atom. The molecule has 114 valence electrons. The fraction of sp³-hybridized carbons (Fsp3) is 0.286. The van der Waals surface area contributed by atoms with Crippen LogP contribution < -0.4 is 4.72 Å². The van der Waals surface area contributed by atoms with Crippen molar-refractivity contribution < 1.29 is 17.9 Å². The maximum atomic E-state index is 12.4. The Balaban J connectivity index is 2.17. The van der Waals surface area contributed by atoms with Gasteiger partial charge in [-0.05, 0) is 42.3 Å². The fourth-order valence-electron chi connectivity index (χ4n) is 1.92. The van der Waals surface area contributed by atoms with Gasteiger partial charge >= 0.3 is 0 Å². The third-order valence-electron chi connectivity index (χ3n) is 3.07. The van der Waals surface area contributed by atoms with Crippen molar-refractivity contribution in [3.63, 3.8) is 0 Å². The lowest BCUT2D eigenvalue weighted by atomic mass is 10.2. The highest BCUT2D eigenvalue weighted by atomic mass is 79.9. The zero-order valence-electron chi connectivity index (χ0n) is 11.5. The number of nitrogens with one attached hydrogen (secondary N) is 1. The largest absolute Gasteiger partial charge is 0.469 e. The van der Waals surface area contributed by atoms with E-state index in [4.69, 9.17) is 4.42 Å². The number of hydrogen-bond donors (Lipinski definition) is 2. The van der Waals surface area contributed by atoms with E-state index in [0.29, 0.717) is 22.0 Å². The van der Waals surface area contributed by atoms with Crippen LogP contribution in [0.3, 0.4) is 0 Å². The molecule has 0 saturated heterocycles. The predicted molar refractivity (Wildman–Crippen MR) is 82.4 cm³/mol. The first kappa shape index (κ1) is 16.2. The zero-order chi connectivity index (χ0) is 15.5. The van der Waals surface area contributed by atoms with E-state index in [2.05, 4.69) is 20.7 Å². The van der Waals surface area contributed by atoms with Crippen molar-refractivity contribution in [2.75, 3.05) is 6.54 Å². The molecule has 1 aromatic carbocycles. The van der Waals surface area contributed by atoms with Crippen LogP contribution in [-0.4, -0.2) is 20.1 Å². The van der Waals surface area contributed by atoms with Gasteiger partial charge in [0, 0.05) is 17.4 Å². The van der Waals surface area contributed by atoms with E-state index in [0.717, 1.165) is 5.76 Å². The third kappa shape index (κ3) is 3.94. The van der Waals surface area contributed by atoms with E-state index in [1.807, 2.05) is 0 Å². The summed E-state index contributed by atoms with van der Waals surface area (Å²) in [5.74, 6) is 0.722. The van der Waals surface area contributed by atoms with Crippen molar-refractivity contribution in [3.8, 4) is 0 Å². The highest BCUT2D eigenvalue weighted by Crippen LogP contribution is 2.25.